The van der Waals surface area contributed by atoms with Gasteiger partial charge >= 0.3 is 11.9 Å². The monoisotopic (exact) mass is 480 g/mol. The van der Waals surface area contributed by atoms with Gasteiger partial charge in [0.2, 0.25) is 0 Å². The Bertz CT molecular complexity index is 1020. The Balaban J connectivity index is 2.44. The molecule has 0 fully saturated rings. The molecule has 2 aromatic carbocycles. The quantitative estimate of drug-likeness (QED) is 0.245. The van der Waals surface area contributed by atoms with Gasteiger partial charge in [0.15, 0.2) is 11.2 Å². The molecule has 35 heavy (non-hydrogen) atoms. The molecule has 0 aliphatic carbocycles. The summed E-state index contributed by atoms with van der Waals surface area (Å²) in [6.07, 6.45) is 0. The largest absolute Gasteiger partial charge is 0.459 e. The van der Waals surface area contributed by atoms with Crippen molar-refractivity contribution in [1.29, 1.82) is 0 Å². The lowest BCUT2D eigenvalue weighted by Crippen LogP contribution is -2.53. The predicted octanol–water partition coefficient (Wildman–Crippen LogP) is 6.89. The zero-order chi connectivity index (χ0) is 26.8. The Labute approximate surface area is 210 Å². The molecule has 0 saturated carbocycles. The third kappa shape index (κ3) is 6.59. The number of esters is 2. The number of carbonyl (C=O) groups is 3. The van der Waals surface area contributed by atoms with Gasteiger partial charge < -0.3 is 9.47 Å². The predicted molar refractivity (Wildman–Crippen MR) is 139 cm³/mol. The second kappa shape index (κ2) is 9.96. The lowest BCUT2D eigenvalue weighted by atomic mass is 9.62. The Hall–Kier alpha value is -2.95. The van der Waals surface area contributed by atoms with E-state index in [1.54, 1.807) is 74.4 Å². The van der Waals surface area contributed by atoms with Gasteiger partial charge in [-0.2, -0.15) is 0 Å². The fourth-order valence-electron chi connectivity index (χ4n) is 3.94. The van der Waals surface area contributed by atoms with Crippen LogP contribution >= 0.6 is 0 Å². The van der Waals surface area contributed by atoms with E-state index < -0.39 is 39.9 Å². The Kier molecular flexibility index (Phi) is 8.05. The van der Waals surface area contributed by atoms with Crippen LogP contribution in [-0.4, -0.2) is 28.9 Å². The maximum absolute atomic E-state index is 13.7. The van der Waals surface area contributed by atoms with Crippen LogP contribution in [-0.2, 0) is 19.1 Å². The minimum atomic E-state index is -1.69. The van der Waals surface area contributed by atoms with E-state index >= 15 is 0 Å². The van der Waals surface area contributed by atoms with Crippen LogP contribution in [0.4, 0.5) is 0 Å². The third-order valence-corrected chi connectivity index (χ3v) is 6.43. The Morgan fingerprint density at radius 3 is 1.43 bits per heavy atom. The molecule has 1 unspecified atom stereocenters. The minimum absolute atomic E-state index is 0.164. The zero-order valence-electron chi connectivity index (χ0n) is 22.8. The molecule has 0 N–H and O–H groups in total. The number of hydrogen-bond acceptors (Lipinski definition) is 5. The van der Waals surface area contributed by atoms with Gasteiger partial charge in [-0.15, -0.1) is 0 Å². The SMILES string of the molecule is CC(C(C)(C)C(=O)c1ccc(-c2ccccc2)cc1)C(C)(C(=O)OC(C)(C)C)C(=O)OC(C)(C)C. The molecule has 2 aromatic rings. The lowest BCUT2D eigenvalue weighted by molar-refractivity contribution is -0.190. The summed E-state index contributed by atoms with van der Waals surface area (Å²) in [5.41, 5.74) is -1.80. The first-order valence-electron chi connectivity index (χ1n) is 12.1. The van der Waals surface area contributed by atoms with Crippen LogP contribution in [0, 0.1) is 16.7 Å². The number of ketones is 1. The molecule has 0 heterocycles. The van der Waals surface area contributed by atoms with E-state index in [-0.39, 0.29) is 5.78 Å². The summed E-state index contributed by atoms with van der Waals surface area (Å²) in [6.45, 7) is 17.3. The van der Waals surface area contributed by atoms with Gasteiger partial charge in [-0.05, 0) is 65.5 Å². The number of carbonyl (C=O) groups excluding carboxylic acids is 3. The lowest BCUT2D eigenvalue weighted by Gasteiger charge is -2.42. The highest BCUT2D eigenvalue weighted by molar-refractivity contribution is 6.04. The van der Waals surface area contributed by atoms with Gasteiger partial charge in [0.25, 0.3) is 0 Å². The molecule has 0 bridgehead atoms. The van der Waals surface area contributed by atoms with Crippen molar-refractivity contribution in [2.45, 2.75) is 80.4 Å². The summed E-state index contributed by atoms with van der Waals surface area (Å²) >= 11 is 0. The normalized spacial score (nSPS) is 13.7. The van der Waals surface area contributed by atoms with Gasteiger partial charge in [0.05, 0.1) is 0 Å². The highest BCUT2D eigenvalue weighted by Gasteiger charge is 2.57. The van der Waals surface area contributed by atoms with Crippen molar-refractivity contribution in [3.8, 4) is 11.1 Å². The second-order valence-corrected chi connectivity index (χ2v) is 11.9. The minimum Gasteiger partial charge on any atom is -0.459 e. The van der Waals surface area contributed by atoms with Crippen LogP contribution in [0.25, 0.3) is 11.1 Å². The smallest absolute Gasteiger partial charge is 0.324 e. The van der Waals surface area contributed by atoms with Crippen molar-refractivity contribution in [1.82, 2.24) is 0 Å². The molecular formula is C30H40O5. The number of benzene rings is 2. The van der Waals surface area contributed by atoms with Crippen molar-refractivity contribution in [3.05, 3.63) is 60.2 Å². The highest BCUT2D eigenvalue weighted by Crippen LogP contribution is 2.45. The van der Waals surface area contributed by atoms with Gasteiger partial charge in [-0.1, -0.05) is 75.4 Å². The molecule has 0 aromatic heterocycles. The molecular weight excluding hydrogens is 440 g/mol. The van der Waals surface area contributed by atoms with Crippen LogP contribution in [0.3, 0.4) is 0 Å². The number of Topliss-reactive ketones (excluding diaryl/α,β-unsaturated/α-hetero) is 1. The topological polar surface area (TPSA) is 69.7 Å². The number of ether oxygens (including phenoxy) is 2. The van der Waals surface area contributed by atoms with Gasteiger partial charge in [0, 0.05) is 11.0 Å². The molecule has 0 saturated heterocycles. The van der Waals surface area contributed by atoms with Gasteiger partial charge in [-0.3, -0.25) is 14.4 Å². The fourth-order valence-corrected chi connectivity index (χ4v) is 3.94. The summed E-state index contributed by atoms with van der Waals surface area (Å²) in [6, 6.07) is 17.3. The molecule has 0 amide bonds. The summed E-state index contributed by atoms with van der Waals surface area (Å²) in [7, 11) is 0. The second-order valence-electron chi connectivity index (χ2n) is 11.9. The molecule has 190 valence electrons. The van der Waals surface area contributed by atoms with Crippen molar-refractivity contribution in [2.75, 3.05) is 0 Å². The Morgan fingerprint density at radius 2 is 1.03 bits per heavy atom. The van der Waals surface area contributed by atoms with E-state index in [1.165, 1.54) is 6.92 Å². The summed E-state index contributed by atoms with van der Waals surface area (Å²) < 4.78 is 11.3. The number of rotatable bonds is 7. The van der Waals surface area contributed by atoms with Crippen LogP contribution < -0.4 is 0 Å². The van der Waals surface area contributed by atoms with E-state index in [4.69, 9.17) is 9.47 Å². The van der Waals surface area contributed by atoms with E-state index in [0.717, 1.165) is 11.1 Å². The maximum atomic E-state index is 13.7. The van der Waals surface area contributed by atoms with E-state index in [9.17, 15) is 14.4 Å². The highest BCUT2D eigenvalue weighted by atomic mass is 16.6. The fraction of sp³-hybridized carbons (Fsp3) is 0.500. The van der Waals surface area contributed by atoms with E-state index in [1.807, 2.05) is 42.5 Å². The van der Waals surface area contributed by atoms with Crippen LogP contribution in [0.5, 0.6) is 0 Å². The van der Waals surface area contributed by atoms with Crippen LogP contribution in [0.15, 0.2) is 54.6 Å². The maximum Gasteiger partial charge on any atom is 0.324 e. The molecule has 0 radical (unpaired) electrons. The molecule has 0 aliphatic rings. The van der Waals surface area contributed by atoms with Crippen molar-refractivity contribution >= 4 is 17.7 Å². The number of hydrogen-bond donors (Lipinski definition) is 0. The zero-order valence-corrected chi connectivity index (χ0v) is 22.8. The third-order valence-electron chi connectivity index (χ3n) is 6.43. The standard InChI is InChI=1S/C30H40O5/c1-20(30(10,25(32)34-27(2,3)4)26(33)35-28(5,6)7)29(8,9)24(31)23-18-16-22(17-19-23)21-14-12-11-13-15-21/h11-20H,1-10H3. The van der Waals surface area contributed by atoms with E-state index in [0.29, 0.717) is 5.56 Å². The first kappa shape index (κ1) is 28.3. The molecule has 1 atom stereocenters. The van der Waals surface area contributed by atoms with Gasteiger partial charge in [-0.25, -0.2) is 0 Å². The van der Waals surface area contributed by atoms with Crippen LogP contribution in [0.1, 0.15) is 79.6 Å². The first-order chi connectivity index (χ1) is 15.9. The molecule has 0 aliphatic heterocycles. The van der Waals surface area contributed by atoms with E-state index in [2.05, 4.69) is 0 Å². The van der Waals surface area contributed by atoms with Crippen molar-refractivity contribution in [2.24, 2.45) is 16.7 Å². The molecule has 5 nitrogen and oxygen atoms in total. The summed E-state index contributed by atoms with van der Waals surface area (Å²) in [5.74, 6) is -2.29. The Morgan fingerprint density at radius 1 is 0.629 bits per heavy atom. The first-order valence-corrected chi connectivity index (χ1v) is 12.1. The van der Waals surface area contributed by atoms with Crippen molar-refractivity contribution in [3.63, 3.8) is 0 Å². The molecule has 5 heteroatoms. The molecule has 0 spiro atoms. The van der Waals surface area contributed by atoms with Crippen molar-refractivity contribution < 1.29 is 23.9 Å². The summed E-state index contributed by atoms with van der Waals surface area (Å²) in [4.78, 5) is 40.6. The van der Waals surface area contributed by atoms with Crippen LogP contribution in [0.2, 0.25) is 0 Å². The average molecular weight is 481 g/mol. The average Bonchev–Trinajstić information content (AvgIpc) is 2.75. The molecule has 2 rings (SSSR count). The van der Waals surface area contributed by atoms with Gasteiger partial charge in [0.1, 0.15) is 11.2 Å². The summed E-state index contributed by atoms with van der Waals surface area (Å²) in [5, 5.41) is 0.